The molecule has 1 aliphatic carbocycles. The Hall–Kier alpha value is -2.11. The van der Waals surface area contributed by atoms with E-state index in [4.69, 9.17) is 0 Å². The fourth-order valence-electron chi connectivity index (χ4n) is 6.27. The van der Waals surface area contributed by atoms with Crippen molar-refractivity contribution in [3.63, 3.8) is 0 Å². The number of nitrogens with zero attached hydrogens (tertiary/aromatic N) is 1. The van der Waals surface area contributed by atoms with Crippen LogP contribution in [0.1, 0.15) is 61.4 Å². The molecule has 162 valence electrons. The SMILES string of the molecule is Cn1c2c(c3cc(S(=O)(=O)c4cccc(CC5CCCC5)c4)ccc31)C1CCC(C2)N1. The van der Waals surface area contributed by atoms with Gasteiger partial charge in [-0.15, -0.1) is 0 Å². The number of fused-ring (bicyclic) bond motifs is 6. The van der Waals surface area contributed by atoms with Crippen LogP contribution in [0.3, 0.4) is 0 Å². The molecule has 4 nitrogen and oxygen atoms in total. The molecule has 0 radical (unpaired) electrons. The van der Waals surface area contributed by atoms with E-state index in [0.717, 1.165) is 35.7 Å². The predicted molar refractivity (Wildman–Crippen MR) is 123 cm³/mol. The van der Waals surface area contributed by atoms with Crippen molar-refractivity contribution in [1.29, 1.82) is 0 Å². The fraction of sp³-hybridized carbons (Fsp3) is 0.462. The summed E-state index contributed by atoms with van der Waals surface area (Å²) in [6.45, 7) is 0. The Morgan fingerprint density at radius 3 is 2.65 bits per heavy atom. The average Bonchev–Trinajstić information content (AvgIpc) is 3.48. The van der Waals surface area contributed by atoms with Gasteiger partial charge >= 0.3 is 0 Å². The van der Waals surface area contributed by atoms with Gasteiger partial charge in [0.2, 0.25) is 9.84 Å². The van der Waals surface area contributed by atoms with Crippen LogP contribution in [0, 0.1) is 5.92 Å². The summed E-state index contributed by atoms with van der Waals surface area (Å²) >= 11 is 0. The molecule has 1 saturated heterocycles. The lowest BCUT2D eigenvalue weighted by Gasteiger charge is -2.23. The van der Waals surface area contributed by atoms with E-state index < -0.39 is 9.84 Å². The largest absolute Gasteiger partial charge is 0.347 e. The van der Waals surface area contributed by atoms with Crippen molar-refractivity contribution in [2.45, 2.75) is 73.2 Å². The van der Waals surface area contributed by atoms with Gasteiger partial charge in [0.25, 0.3) is 0 Å². The van der Waals surface area contributed by atoms with Gasteiger partial charge in [-0.05, 0) is 66.6 Å². The third-order valence-electron chi connectivity index (χ3n) is 7.88. The smallest absolute Gasteiger partial charge is 0.206 e. The number of nitrogens with one attached hydrogen (secondary N) is 1. The minimum absolute atomic E-state index is 0.352. The summed E-state index contributed by atoms with van der Waals surface area (Å²) < 4.78 is 29.4. The molecule has 2 unspecified atom stereocenters. The van der Waals surface area contributed by atoms with Gasteiger partial charge in [-0.3, -0.25) is 0 Å². The predicted octanol–water partition coefficient (Wildman–Crippen LogP) is 5.09. The monoisotopic (exact) mass is 434 g/mol. The minimum atomic E-state index is -3.55. The Kier molecular flexibility index (Phi) is 4.55. The van der Waals surface area contributed by atoms with Crippen LogP contribution in [-0.2, 0) is 29.7 Å². The van der Waals surface area contributed by atoms with Crippen molar-refractivity contribution in [1.82, 2.24) is 9.88 Å². The second-order valence-electron chi connectivity index (χ2n) is 9.80. The number of hydrogen-bond donors (Lipinski definition) is 1. The van der Waals surface area contributed by atoms with Gasteiger partial charge in [-0.1, -0.05) is 37.8 Å². The zero-order chi connectivity index (χ0) is 21.2. The standard InChI is InChI=1S/C26H30N2O2S/c1-28-24-12-10-21(16-22(24)26-23-11-9-19(27-23)15-25(26)28)31(29,30)20-8-4-7-18(14-20)13-17-5-2-3-6-17/h4,7-8,10,12,14,16-17,19,23,27H,2-3,5-6,9,11,13,15H2,1H3. The maximum atomic E-state index is 13.6. The van der Waals surface area contributed by atoms with Crippen LogP contribution in [0.15, 0.2) is 52.3 Å². The van der Waals surface area contributed by atoms with E-state index in [-0.39, 0.29) is 0 Å². The molecule has 0 amide bonds. The molecule has 0 spiro atoms. The van der Waals surface area contributed by atoms with E-state index in [1.54, 1.807) is 12.1 Å². The summed E-state index contributed by atoms with van der Waals surface area (Å²) in [6, 6.07) is 14.3. The molecule has 31 heavy (non-hydrogen) atoms. The maximum absolute atomic E-state index is 13.6. The normalized spacial score (nSPS) is 23.5. The van der Waals surface area contributed by atoms with E-state index in [2.05, 4.69) is 23.0 Å². The summed E-state index contributed by atoms with van der Waals surface area (Å²) in [6.07, 6.45) is 9.50. The van der Waals surface area contributed by atoms with Crippen LogP contribution >= 0.6 is 0 Å². The molecule has 6 rings (SSSR count). The molecule has 2 aromatic carbocycles. The van der Waals surface area contributed by atoms with Gasteiger partial charge < -0.3 is 9.88 Å². The first-order chi connectivity index (χ1) is 15.0. The molecule has 1 N–H and O–H groups in total. The van der Waals surface area contributed by atoms with Crippen molar-refractivity contribution >= 4 is 20.7 Å². The number of aromatic nitrogens is 1. The molecule has 1 aromatic heterocycles. The first kappa shape index (κ1) is 19.6. The van der Waals surface area contributed by atoms with E-state index in [1.807, 2.05) is 24.3 Å². The average molecular weight is 435 g/mol. The highest BCUT2D eigenvalue weighted by Gasteiger charge is 2.36. The quantitative estimate of drug-likeness (QED) is 0.622. The Labute approximate surface area is 184 Å². The Bertz CT molecular complexity index is 1270. The summed E-state index contributed by atoms with van der Waals surface area (Å²) in [5.74, 6) is 0.702. The number of rotatable bonds is 4. The molecule has 3 heterocycles. The van der Waals surface area contributed by atoms with Crippen molar-refractivity contribution in [2.24, 2.45) is 13.0 Å². The van der Waals surface area contributed by atoms with Crippen LogP contribution in [0.25, 0.3) is 10.9 Å². The molecular formula is C26H30N2O2S. The summed E-state index contributed by atoms with van der Waals surface area (Å²) in [5.41, 5.74) is 4.97. The molecule has 1 saturated carbocycles. The van der Waals surface area contributed by atoms with Gasteiger partial charge in [0.15, 0.2) is 0 Å². The van der Waals surface area contributed by atoms with Crippen LogP contribution in [0.2, 0.25) is 0 Å². The first-order valence-corrected chi connectivity index (χ1v) is 13.2. The van der Waals surface area contributed by atoms with Gasteiger partial charge in [-0.2, -0.15) is 0 Å². The molecule has 3 aliphatic rings. The van der Waals surface area contributed by atoms with E-state index in [1.165, 1.54) is 43.4 Å². The molecule has 2 aliphatic heterocycles. The minimum Gasteiger partial charge on any atom is -0.347 e. The number of hydrogen-bond acceptors (Lipinski definition) is 3. The highest BCUT2D eigenvalue weighted by molar-refractivity contribution is 7.91. The third-order valence-corrected chi connectivity index (χ3v) is 9.63. The molecule has 3 aromatic rings. The van der Waals surface area contributed by atoms with Crippen LogP contribution in [0.4, 0.5) is 0 Å². The van der Waals surface area contributed by atoms with E-state index >= 15 is 0 Å². The van der Waals surface area contributed by atoms with Crippen molar-refractivity contribution in [2.75, 3.05) is 0 Å². The Balaban J connectivity index is 1.40. The lowest BCUT2D eigenvalue weighted by Crippen LogP contribution is -2.32. The molecule has 2 fully saturated rings. The van der Waals surface area contributed by atoms with Crippen molar-refractivity contribution in [3.05, 3.63) is 59.3 Å². The van der Waals surface area contributed by atoms with Gasteiger partial charge in [-0.25, -0.2) is 8.42 Å². The zero-order valence-corrected chi connectivity index (χ0v) is 18.9. The van der Waals surface area contributed by atoms with E-state index in [0.29, 0.717) is 27.8 Å². The summed E-state index contributed by atoms with van der Waals surface area (Å²) in [5, 5.41) is 4.82. The number of benzene rings is 2. The van der Waals surface area contributed by atoms with Crippen LogP contribution < -0.4 is 5.32 Å². The zero-order valence-electron chi connectivity index (χ0n) is 18.1. The Morgan fingerprint density at radius 1 is 1.00 bits per heavy atom. The molecule has 2 bridgehead atoms. The topological polar surface area (TPSA) is 51.1 Å². The van der Waals surface area contributed by atoms with Crippen molar-refractivity contribution < 1.29 is 8.42 Å². The summed E-state index contributed by atoms with van der Waals surface area (Å²) in [7, 11) is -1.43. The molecule has 5 heteroatoms. The molecule has 2 atom stereocenters. The number of aryl methyl sites for hydroxylation is 1. The highest BCUT2D eigenvalue weighted by atomic mass is 32.2. The highest BCUT2D eigenvalue weighted by Crippen LogP contribution is 2.42. The number of sulfone groups is 1. The van der Waals surface area contributed by atoms with Gasteiger partial charge in [0.1, 0.15) is 0 Å². The fourth-order valence-corrected chi connectivity index (χ4v) is 7.63. The second-order valence-corrected chi connectivity index (χ2v) is 11.8. The third kappa shape index (κ3) is 3.16. The lowest BCUT2D eigenvalue weighted by molar-refractivity contribution is 0.503. The van der Waals surface area contributed by atoms with Crippen LogP contribution in [0.5, 0.6) is 0 Å². The van der Waals surface area contributed by atoms with E-state index in [9.17, 15) is 8.42 Å². The Morgan fingerprint density at radius 2 is 1.81 bits per heavy atom. The van der Waals surface area contributed by atoms with Gasteiger partial charge in [0.05, 0.1) is 9.79 Å². The maximum Gasteiger partial charge on any atom is 0.206 e. The molecular weight excluding hydrogens is 404 g/mol. The van der Waals surface area contributed by atoms with Crippen molar-refractivity contribution in [3.8, 4) is 0 Å². The first-order valence-electron chi connectivity index (χ1n) is 11.7. The lowest BCUT2D eigenvalue weighted by atomic mass is 9.98. The second kappa shape index (κ2) is 7.21. The van der Waals surface area contributed by atoms with Gasteiger partial charge in [0, 0.05) is 42.1 Å². The summed E-state index contributed by atoms with van der Waals surface area (Å²) in [4.78, 5) is 0.831. The van der Waals surface area contributed by atoms with Crippen LogP contribution in [-0.4, -0.2) is 19.0 Å².